The largest absolute Gasteiger partial charge is 0.464 e. The summed E-state index contributed by atoms with van der Waals surface area (Å²) < 4.78 is 41.8. The predicted molar refractivity (Wildman–Crippen MR) is 184 cm³/mol. The van der Waals surface area contributed by atoms with Gasteiger partial charge in [-0.25, -0.2) is 14.5 Å². The minimum atomic E-state index is -3.64. The predicted octanol–water partition coefficient (Wildman–Crippen LogP) is 4.12. The number of carbonyl (C=O) groups is 1. The second-order valence-electron chi connectivity index (χ2n) is 12.9. The van der Waals surface area contributed by atoms with Crippen LogP contribution in [0.1, 0.15) is 33.9 Å². The molecule has 0 aliphatic carbocycles. The first-order chi connectivity index (χ1) is 22.5. The van der Waals surface area contributed by atoms with E-state index in [4.69, 9.17) is 42.5 Å². The van der Waals surface area contributed by atoms with Gasteiger partial charge in [0.05, 0.1) is 19.5 Å². The van der Waals surface area contributed by atoms with Crippen LogP contribution in [-0.2, 0) is 30.6 Å². The molecule has 16 heteroatoms. The fraction of sp³-hybridized carbons (Fsp3) is 0.438. The number of aliphatic hydroxyl groups is 1. The molecule has 0 unspecified atom stereocenters. The summed E-state index contributed by atoms with van der Waals surface area (Å²) in [5, 5.41) is 15.8. The number of nitrogens with zero attached hydrogens (tertiary/aromatic N) is 5. The van der Waals surface area contributed by atoms with E-state index in [9.17, 15) is 9.90 Å². The fourth-order valence-electron chi connectivity index (χ4n) is 5.08. The molecule has 13 nitrogen and oxygen atoms in total. The van der Waals surface area contributed by atoms with Gasteiger partial charge in [-0.15, -0.1) is 6.42 Å². The number of ether oxygens (including phenoxy) is 2. The normalized spacial score (nSPS) is 23.0. The Morgan fingerprint density at radius 2 is 2.00 bits per heavy atom. The molecule has 0 amide bonds. The van der Waals surface area contributed by atoms with Gasteiger partial charge in [0.15, 0.2) is 23.2 Å². The van der Waals surface area contributed by atoms with Crippen molar-refractivity contribution in [2.45, 2.75) is 57.8 Å². The van der Waals surface area contributed by atoms with Gasteiger partial charge >= 0.3 is 12.6 Å². The van der Waals surface area contributed by atoms with Gasteiger partial charge < -0.3 is 34.3 Å². The Morgan fingerprint density at radius 1 is 1.29 bits per heavy atom. The maximum absolute atomic E-state index is 16.5. The number of hydrogen-bond acceptors (Lipinski definition) is 12. The average Bonchev–Trinajstić information content (AvgIpc) is 3.55. The first-order valence-electron chi connectivity index (χ1n) is 15.1. The van der Waals surface area contributed by atoms with Gasteiger partial charge in [-0.3, -0.25) is 9.36 Å². The third-order valence-electron chi connectivity index (χ3n) is 7.49. The number of benzene rings is 2. The summed E-state index contributed by atoms with van der Waals surface area (Å²) in [5.41, 5.74) is 3.41. The Kier molecular flexibility index (Phi) is 9.99. The van der Waals surface area contributed by atoms with Crippen LogP contribution >= 0.6 is 6.64 Å². The number of halogens is 1. The number of nitrogens with two attached hydrogens (primary N) is 1. The maximum Gasteiger partial charge on any atom is 0.323 e. The smallest absolute Gasteiger partial charge is 0.323 e. The molecule has 4 N–H and O–H groups in total. The molecule has 1 saturated heterocycles. The van der Waals surface area contributed by atoms with E-state index in [1.54, 1.807) is 38.1 Å². The van der Waals surface area contributed by atoms with Gasteiger partial charge in [-0.05, 0) is 35.6 Å². The zero-order valence-corrected chi connectivity index (χ0v) is 29.2. The zero-order chi connectivity index (χ0) is 35.0. The molecular weight excluding hydrogens is 660 g/mol. The van der Waals surface area contributed by atoms with Crippen LogP contribution in [0.5, 0.6) is 5.75 Å². The number of aliphatic hydroxyl groups excluding tert-OH is 1. The van der Waals surface area contributed by atoms with Gasteiger partial charge in [-0.2, -0.15) is 9.97 Å². The Morgan fingerprint density at radius 3 is 2.69 bits per heavy atom. The molecule has 0 bridgehead atoms. The van der Waals surface area contributed by atoms with Crippen molar-refractivity contribution in [2.24, 2.45) is 5.41 Å². The van der Waals surface area contributed by atoms with Crippen LogP contribution in [0.3, 0.4) is 0 Å². The first kappa shape index (κ1) is 35.4. The third kappa shape index (κ3) is 7.24. The van der Waals surface area contributed by atoms with E-state index in [1.807, 2.05) is 57.0 Å². The van der Waals surface area contributed by atoms with Crippen molar-refractivity contribution < 1.29 is 32.8 Å². The van der Waals surface area contributed by atoms with Gasteiger partial charge in [0.2, 0.25) is 11.6 Å². The number of terminal acetylenes is 1. The molecule has 5 rings (SSSR count). The number of alkyl halides is 1. The van der Waals surface area contributed by atoms with Crippen LogP contribution in [0.2, 0.25) is 0 Å². The number of aromatic nitrogens is 4. The maximum atomic E-state index is 16.5. The van der Waals surface area contributed by atoms with Gasteiger partial charge in [0.1, 0.15) is 24.0 Å². The standard InChI is InChI=1S/C32H39FN7O6PS/c1-8-32(33)25(41)23(45-29(32)40-18-35-24-26(39(6)7)36-30(34)37-27(24)40)16-44-47(48,38-19(2)28(42)43-17-31(3,4)5)46-22-15-11-13-20-12-9-10-14-21(20)22/h1,9-15,18-19,23,25,29,41H,16-17H2,2-7H3,(H,38,48)(H2,34,36,37)/t19-,23-,25-,29-,32-,47+/m1/s1. The summed E-state index contributed by atoms with van der Waals surface area (Å²) in [7, 11) is 3.49. The minimum absolute atomic E-state index is 0.0796. The van der Waals surface area contributed by atoms with Crippen molar-refractivity contribution in [3.63, 3.8) is 0 Å². The molecular formula is C32H39FN7O6PS. The van der Waals surface area contributed by atoms with Crippen LogP contribution in [0, 0.1) is 17.8 Å². The summed E-state index contributed by atoms with van der Waals surface area (Å²) in [6, 6.07) is 12.0. The Bertz CT molecular complexity index is 1910. The molecule has 1 aliphatic heterocycles. The van der Waals surface area contributed by atoms with Gasteiger partial charge in [0.25, 0.3) is 0 Å². The summed E-state index contributed by atoms with van der Waals surface area (Å²) in [5.74, 6) is 2.19. The lowest BCUT2D eigenvalue weighted by molar-refractivity contribution is -0.148. The van der Waals surface area contributed by atoms with Crippen molar-refractivity contribution in [3.05, 3.63) is 48.8 Å². The third-order valence-corrected chi connectivity index (χ3v) is 9.98. The van der Waals surface area contributed by atoms with E-state index in [0.29, 0.717) is 17.1 Å². The number of esters is 1. The highest BCUT2D eigenvalue weighted by Gasteiger charge is 2.58. The molecule has 2 aromatic carbocycles. The summed E-state index contributed by atoms with van der Waals surface area (Å²) in [6.07, 6.45) is 2.18. The van der Waals surface area contributed by atoms with E-state index in [0.717, 1.165) is 10.8 Å². The van der Waals surface area contributed by atoms with Crippen LogP contribution in [0.15, 0.2) is 48.8 Å². The topological polar surface area (TPSA) is 159 Å². The average molecular weight is 700 g/mol. The van der Waals surface area contributed by atoms with E-state index < -0.39 is 49.4 Å². The molecule has 4 aromatic rings. The Labute approximate surface area is 283 Å². The second-order valence-corrected chi connectivity index (χ2v) is 16.0. The van der Waals surface area contributed by atoms with Crippen molar-refractivity contribution in [1.82, 2.24) is 24.6 Å². The summed E-state index contributed by atoms with van der Waals surface area (Å²) >= 11 is 5.91. The number of imidazole rings is 1. The summed E-state index contributed by atoms with van der Waals surface area (Å²) in [6.45, 7) is 3.46. The molecule has 0 saturated carbocycles. The van der Waals surface area contributed by atoms with Crippen molar-refractivity contribution in [1.29, 1.82) is 0 Å². The fourth-order valence-corrected chi connectivity index (χ4v) is 7.50. The molecule has 3 heterocycles. The van der Waals surface area contributed by atoms with Crippen LogP contribution in [0.25, 0.3) is 21.9 Å². The highest BCUT2D eigenvalue weighted by molar-refractivity contribution is 8.09. The number of fused-ring (bicyclic) bond motifs is 2. The zero-order valence-electron chi connectivity index (χ0n) is 27.5. The molecule has 6 atom stereocenters. The van der Waals surface area contributed by atoms with E-state index in [1.165, 1.54) is 10.9 Å². The van der Waals surface area contributed by atoms with E-state index in [-0.39, 0.29) is 23.6 Å². The highest BCUT2D eigenvalue weighted by atomic mass is 32.5. The number of anilines is 2. The molecule has 48 heavy (non-hydrogen) atoms. The first-order valence-corrected chi connectivity index (χ1v) is 17.7. The van der Waals surface area contributed by atoms with Crippen LogP contribution in [-0.4, -0.2) is 81.8 Å². The lowest BCUT2D eigenvalue weighted by Gasteiger charge is -2.28. The number of nitrogens with one attached hydrogen (secondary N) is 1. The Balaban J connectivity index is 1.43. The number of hydrogen-bond donors (Lipinski definition) is 3. The van der Waals surface area contributed by atoms with Crippen molar-refractivity contribution in [2.75, 3.05) is 37.9 Å². The number of nitrogen functional groups attached to an aromatic ring is 1. The lowest BCUT2D eigenvalue weighted by atomic mass is 9.97. The highest BCUT2D eigenvalue weighted by Crippen LogP contribution is 2.49. The van der Waals surface area contributed by atoms with Gasteiger partial charge in [0, 0.05) is 19.5 Å². The molecule has 2 aromatic heterocycles. The lowest BCUT2D eigenvalue weighted by Crippen LogP contribution is -2.42. The molecule has 1 fully saturated rings. The number of rotatable bonds is 11. The van der Waals surface area contributed by atoms with Gasteiger partial charge in [-0.1, -0.05) is 63.1 Å². The second kappa shape index (κ2) is 13.5. The molecule has 0 spiro atoms. The quantitative estimate of drug-likeness (QED) is 0.117. The van der Waals surface area contributed by atoms with E-state index >= 15 is 4.39 Å². The molecule has 256 valence electrons. The number of carbonyl (C=O) groups excluding carboxylic acids is 1. The van der Waals surface area contributed by atoms with Crippen molar-refractivity contribution >= 4 is 58.1 Å². The van der Waals surface area contributed by atoms with Crippen LogP contribution in [0.4, 0.5) is 16.2 Å². The van der Waals surface area contributed by atoms with Crippen molar-refractivity contribution in [3.8, 4) is 18.1 Å². The minimum Gasteiger partial charge on any atom is -0.464 e. The van der Waals surface area contributed by atoms with E-state index in [2.05, 4.69) is 20.0 Å². The molecule has 1 aliphatic rings. The monoisotopic (exact) mass is 699 g/mol. The van der Waals surface area contributed by atoms with Crippen LogP contribution < -0.4 is 20.2 Å². The Hall–Kier alpha value is -3.90. The molecule has 0 radical (unpaired) electrons. The summed E-state index contributed by atoms with van der Waals surface area (Å²) in [4.78, 5) is 27.4. The SMILES string of the molecule is C#C[C@@]1(F)[C@H](O)[C@@H](CO[P@@](=S)(N[C@H](C)C(=O)OCC(C)(C)C)Oc2cccc3ccccc23)O[C@H]1n1cnc2c(N(C)C)nc(N)nc21.